The van der Waals surface area contributed by atoms with E-state index in [1.165, 1.54) is 0 Å². The zero-order valence-electron chi connectivity index (χ0n) is 15.0. The number of nitrogens with two attached hydrogens (primary N) is 1. The molecule has 0 radical (unpaired) electrons. The number of hydrogen-bond donors (Lipinski definition) is 3. The van der Waals surface area contributed by atoms with Crippen LogP contribution in [0.15, 0.2) is 78.9 Å². The van der Waals surface area contributed by atoms with Gasteiger partial charge in [-0.2, -0.15) is 0 Å². The number of rotatable bonds is 7. The average Bonchev–Trinajstić information content (AvgIpc) is 2.72. The summed E-state index contributed by atoms with van der Waals surface area (Å²) in [6, 6.07) is 24.9. The first-order valence-electron chi connectivity index (χ1n) is 8.84. The van der Waals surface area contributed by atoms with Gasteiger partial charge in [0.05, 0.1) is 0 Å². The number of ether oxygens (including phenoxy) is 1. The van der Waals surface area contributed by atoms with Crippen molar-refractivity contribution in [1.29, 1.82) is 0 Å². The van der Waals surface area contributed by atoms with E-state index in [1.54, 1.807) is 0 Å². The van der Waals surface area contributed by atoms with Gasteiger partial charge >= 0.3 is 6.03 Å². The third kappa shape index (κ3) is 5.87. The summed E-state index contributed by atoms with van der Waals surface area (Å²) in [5.41, 5.74) is 8.64. The molecule has 0 aromatic heterocycles. The summed E-state index contributed by atoms with van der Waals surface area (Å²) in [6.07, 6.45) is 0. The highest BCUT2D eigenvalue weighted by atomic mass is 16.5. The van der Waals surface area contributed by atoms with Gasteiger partial charge in [-0.15, -0.1) is 0 Å². The van der Waals surface area contributed by atoms with Gasteiger partial charge in [-0.05, 0) is 41.0 Å². The minimum absolute atomic E-state index is 0.215. The average molecular weight is 361 g/mol. The van der Waals surface area contributed by atoms with Gasteiger partial charge in [-0.3, -0.25) is 0 Å². The molecule has 0 atom stereocenters. The van der Waals surface area contributed by atoms with E-state index < -0.39 is 0 Å². The highest BCUT2D eigenvalue weighted by Crippen LogP contribution is 2.21. The first kappa shape index (κ1) is 18.5. The maximum Gasteiger partial charge on any atom is 0.315 e. The van der Waals surface area contributed by atoms with E-state index in [-0.39, 0.29) is 6.03 Å². The Bertz CT molecular complexity index is 864. The van der Waals surface area contributed by atoms with Crippen LogP contribution in [0.5, 0.6) is 11.5 Å². The standard InChI is InChI=1S/C22H23N3O2/c23-14-17-9-11-18(12-10-17)15-24-22(26)25-16-19-5-4-8-21(13-19)27-20-6-2-1-3-7-20/h1-13H,14-16,23H2,(H2,24,25,26). The maximum atomic E-state index is 12.0. The van der Waals surface area contributed by atoms with Crippen LogP contribution < -0.4 is 21.1 Å². The van der Waals surface area contributed by atoms with Crippen molar-refractivity contribution >= 4 is 6.03 Å². The lowest BCUT2D eigenvalue weighted by molar-refractivity contribution is 0.240. The smallest absolute Gasteiger partial charge is 0.315 e. The summed E-state index contributed by atoms with van der Waals surface area (Å²) in [5, 5.41) is 5.71. The number of carbonyl (C=O) groups excluding carboxylic acids is 1. The topological polar surface area (TPSA) is 76.4 Å². The van der Waals surface area contributed by atoms with E-state index in [2.05, 4.69) is 10.6 Å². The van der Waals surface area contributed by atoms with Crippen LogP contribution in [-0.2, 0) is 19.6 Å². The van der Waals surface area contributed by atoms with Crippen LogP contribution in [0.3, 0.4) is 0 Å². The minimum atomic E-state index is -0.215. The fraction of sp³-hybridized carbons (Fsp3) is 0.136. The number of carbonyl (C=O) groups is 1. The predicted molar refractivity (Wildman–Crippen MR) is 106 cm³/mol. The second-order valence-corrected chi connectivity index (χ2v) is 6.12. The first-order chi connectivity index (χ1) is 13.2. The number of hydrogen-bond acceptors (Lipinski definition) is 3. The fourth-order valence-electron chi connectivity index (χ4n) is 2.56. The molecule has 3 aromatic rings. The summed E-state index contributed by atoms with van der Waals surface area (Å²) < 4.78 is 5.81. The molecule has 4 N–H and O–H groups in total. The van der Waals surface area contributed by atoms with Gasteiger partial charge in [0.15, 0.2) is 0 Å². The molecular weight excluding hydrogens is 338 g/mol. The molecule has 0 saturated carbocycles. The summed E-state index contributed by atoms with van der Waals surface area (Å²) in [6.45, 7) is 1.40. The highest BCUT2D eigenvalue weighted by Gasteiger charge is 2.03. The van der Waals surface area contributed by atoms with Crippen LogP contribution in [0, 0.1) is 0 Å². The Morgan fingerprint density at radius 2 is 1.37 bits per heavy atom. The SMILES string of the molecule is NCc1ccc(CNC(=O)NCc2cccc(Oc3ccccc3)c2)cc1. The summed E-state index contributed by atoms with van der Waals surface area (Å²) >= 11 is 0. The molecule has 0 heterocycles. The normalized spacial score (nSPS) is 10.3. The third-order valence-electron chi connectivity index (χ3n) is 4.04. The van der Waals surface area contributed by atoms with Gasteiger partial charge in [0.25, 0.3) is 0 Å². The molecule has 0 aliphatic carbocycles. The fourth-order valence-corrected chi connectivity index (χ4v) is 2.56. The molecule has 0 fully saturated rings. The summed E-state index contributed by atoms with van der Waals surface area (Å²) in [7, 11) is 0. The summed E-state index contributed by atoms with van der Waals surface area (Å²) in [5.74, 6) is 1.52. The first-order valence-corrected chi connectivity index (χ1v) is 8.84. The van der Waals surface area contributed by atoms with Gasteiger partial charge in [-0.1, -0.05) is 54.6 Å². The lowest BCUT2D eigenvalue weighted by Crippen LogP contribution is -2.34. The van der Waals surface area contributed by atoms with Crippen LogP contribution in [0.2, 0.25) is 0 Å². The molecule has 0 unspecified atom stereocenters. The molecule has 5 nitrogen and oxygen atoms in total. The lowest BCUT2D eigenvalue weighted by atomic mass is 10.1. The number of urea groups is 1. The number of benzene rings is 3. The quantitative estimate of drug-likeness (QED) is 0.597. The van der Waals surface area contributed by atoms with Gasteiger partial charge in [0.1, 0.15) is 11.5 Å². The van der Waals surface area contributed by atoms with Crippen molar-refractivity contribution in [2.45, 2.75) is 19.6 Å². The third-order valence-corrected chi connectivity index (χ3v) is 4.04. The summed E-state index contributed by atoms with van der Waals surface area (Å²) in [4.78, 5) is 12.0. The Morgan fingerprint density at radius 3 is 2.07 bits per heavy atom. The van der Waals surface area contributed by atoms with Crippen LogP contribution in [0.25, 0.3) is 0 Å². The Labute approximate surface area is 159 Å². The maximum absolute atomic E-state index is 12.0. The van der Waals surface area contributed by atoms with E-state index in [0.29, 0.717) is 19.6 Å². The monoisotopic (exact) mass is 361 g/mol. The molecular formula is C22H23N3O2. The molecule has 138 valence electrons. The van der Waals surface area contributed by atoms with Crippen LogP contribution in [-0.4, -0.2) is 6.03 Å². The van der Waals surface area contributed by atoms with Crippen LogP contribution >= 0.6 is 0 Å². The zero-order valence-corrected chi connectivity index (χ0v) is 15.0. The molecule has 3 aromatic carbocycles. The second-order valence-electron chi connectivity index (χ2n) is 6.12. The second kappa shape index (κ2) is 9.40. The van der Waals surface area contributed by atoms with Crippen LogP contribution in [0.1, 0.15) is 16.7 Å². The Balaban J connectivity index is 1.47. The highest BCUT2D eigenvalue weighted by molar-refractivity contribution is 5.73. The molecule has 3 rings (SSSR count). The van der Waals surface area contributed by atoms with Crippen molar-refractivity contribution in [3.05, 3.63) is 95.6 Å². The minimum Gasteiger partial charge on any atom is -0.457 e. The van der Waals surface area contributed by atoms with E-state index >= 15 is 0 Å². The Morgan fingerprint density at radius 1 is 0.741 bits per heavy atom. The molecule has 0 bridgehead atoms. The predicted octanol–water partition coefficient (Wildman–Crippen LogP) is 3.94. The van der Waals surface area contributed by atoms with E-state index in [0.717, 1.165) is 28.2 Å². The molecule has 0 spiro atoms. The number of para-hydroxylation sites is 1. The van der Waals surface area contributed by atoms with Crippen molar-refractivity contribution in [2.75, 3.05) is 0 Å². The number of nitrogens with one attached hydrogen (secondary N) is 2. The van der Waals surface area contributed by atoms with Crippen molar-refractivity contribution in [3.63, 3.8) is 0 Å². The van der Waals surface area contributed by atoms with Gasteiger partial charge in [0, 0.05) is 19.6 Å². The largest absolute Gasteiger partial charge is 0.457 e. The molecule has 0 aliphatic heterocycles. The van der Waals surface area contributed by atoms with Crippen molar-refractivity contribution in [3.8, 4) is 11.5 Å². The van der Waals surface area contributed by atoms with Gasteiger partial charge < -0.3 is 21.1 Å². The van der Waals surface area contributed by atoms with Crippen molar-refractivity contribution < 1.29 is 9.53 Å². The van der Waals surface area contributed by atoms with E-state index in [9.17, 15) is 4.79 Å². The zero-order chi connectivity index (χ0) is 18.9. The molecule has 5 heteroatoms. The molecule has 27 heavy (non-hydrogen) atoms. The van der Waals surface area contributed by atoms with Gasteiger partial charge in [-0.25, -0.2) is 4.79 Å². The lowest BCUT2D eigenvalue weighted by Gasteiger charge is -2.10. The van der Waals surface area contributed by atoms with Crippen molar-refractivity contribution in [1.82, 2.24) is 10.6 Å². The van der Waals surface area contributed by atoms with E-state index in [1.807, 2.05) is 78.9 Å². The molecule has 0 saturated heterocycles. The molecule has 2 amide bonds. The molecule has 0 aliphatic rings. The van der Waals surface area contributed by atoms with E-state index in [4.69, 9.17) is 10.5 Å². The van der Waals surface area contributed by atoms with Gasteiger partial charge in [0.2, 0.25) is 0 Å². The Kier molecular flexibility index (Phi) is 6.44. The Hall–Kier alpha value is -3.31. The van der Waals surface area contributed by atoms with Crippen LogP contribution in [0.4, 0.5) is 4.79 Å². The van der Waals surface area contributed by atoms with Crippen molar-refractivity contribution in [2.24, 2.45) is 5.73 Å². The number of amides is 2.